The molecule has 0 aliphatic carbocycles. The van der Waals surface area contributed by atoms with Crippen LogP contribution < -0.4 is 4.72 Å². The molecule has 16 heavy (non-hydrogen) atoms. The van der Waals surface area contributed by atoms with Crippen LogP contribution in [0.4, 0.5) is 0 Å². The molecule has 6 nitrogen and oxygen atoms in total. The lowest BCUT2D eigenvalue weighted by Crippen LogP contribution is -2.56. The van der Waals surface area contributed by atoms with Crippen LogP contribution >= 0.6 is 0 Å². The molecule has 2 N–H and O–H groups in total. The molecule has 7 heteroatoms. The van der Waals surface area contributed by atoms with E-state index in [1.807, 2.05) is 6.92 Å². The molecule has 0 spiro atoms. The zero-order valence-corrected chi connectivity index (χ0v) is 10.3. The molecular formula is C9H18N2O4S. The van der Waals surface area contributed by atoms with Crippen LogP contribution in [0.3, 0.4) is 0 Å². The Labute approximate surface area is 95.8 Å². The number of nitrogens with zero attached hydrogens (tertiary/aromatic N) is 1. The van der Waals surface area contributed by atoms with Crippen molar-refractivity contribution in [1.29, 1.82) is 0 Å². The molecular weight excluding hydrogens is 232 g/mol. The Morgan fingerprint density at radius 1 is 1.56 bits per heavy atom. The summed E-state index contributed by atoms with van der Waals surface area (Å²) in [5.74, 6) is -1.43. The Kier molecular flexibility index (Phi) is 4.28. The third kappa shape index (κ3) is 2.93. The van der Waals surface area contributed by atoms with Crippen molar-refractivity contribution in [3.05, 3.63) is 0 Å². The second-order valence-electron chi connectivity index (χ2n) is 4.10. The van der Waals surface area contributed by atoms with E-state index < -0.39 is 22.1 Å². The molecule has 1 aliphatic heterocycles. The SMILES string of the molecule is CCCNS(=O)(=O)N1CC(C(C)C(=O)O)C1. The number of nitrogens with one attached hydrogen (secondary N) is 1. The van der Waals surface area contributed by atoms with Gasteiger partial charge in [0.05, 0.1) is 5.92 Å². The van der Waals surface area contributed by atoms with E-state index in [4.69, 9.17) is 5.11 Å². The van der Waals surface area contributed by atoms with Gasteiger partial charge in [0, 0.05) is 19.6 Å². The van der Waals surface area contributed by atoms with E-state index in [0.29, 0.717) is 19.6 Å². The molecule has 1 rings (SSSR count). The lowest BCUT2D eigenvalue weighted by Gasteiger charge is -2.39. The maximum absolute atomic E-state index is 11.6. The summed E-state index contributed by atoms with van der Waals surface area (Å²) in [4.78, 5) is 10.7. The van der Waals surface area contributed by atoms with E-state index in [-0.39, 0.29) is 5.92 Å². The van der Waals surface area contributed by atoms with Crippen molar-refractivity contribution in [2.24, 2.45) is 11.8 Å². The lowest BCUT2D eigenvalue weighted by molar-refractivity contribution is -0.144. The quantitative estimate of drug-likeness (QED) is 0.688. The predicted molar refractivity (Wildman–Crippen MR) is 59.1 cm³/mol. The normalized spacial score (nSPS) is 20.4. The van der Waals surface area contributed by atoms with Gasteiger partial charge in [0.15, 0.2) is 0 Å². The molecule has 0 saturated carbocycles. The molecule has 1 aliphatic rings. The van der Waals surface area contributed by atoms with Gasteiger partial charge in [-0.3, -0.25) is 4.79 Å². The van der Waals surface area contributed by atoms with Crippen LogP contribution in [-0.4, -0.2) is 43.4 Å². The maximum Gasteiger partial charge on any atom is 0.306 e. The molecule has 0 aromatic rings. The van der Waals surface area contributed by atoms with Crippen LogP contribution in [-0.2, 0) is 15.0 Å². The van der Waals surface area contributed by atoms with Crippen LogP contribution in [0.25, 0.3) is 0 Å². The second kappa shape index (κ2) is 5.11. The number of carboxylic acids is 1. The molecule has 1 saturated heterocycles. The fraction of sp³-hybridized carbons (Fsp3) is 0.889. The van der Waals surface area contributed by atoms with Crippen molar-refractivity contribution in [3.63, 3.8) is 0 Å². The molecule has 0 radical (unpaired) electrons. The van der Waals surface area contributed by atoms with Crippen molar-refractivity contribution >= 4 is 16.2 Å². The lowest BCUT2D eigenvalue weighted by atomic mass is 9.89. The monoisotopic (exact) mass is 250 g/mol. The van der Waals surface area contributed by atoms with Crippen LogP contribution in [0.2, 0.25) is 0 Å². The topological polar surface area (TPSA) is 86.7 Å². The van der Waals surface area contributed by atoms with Gasteiger partial charge in [-0.15, -0.1) is 0 Å². The van der Waals surface area contributed by atoms with E-state index >= 15 is 0 Å². The fourth-order valence-corrected chi connectivity index (χ4v) is 2.93. The minimum atomic E-state index is -3.39. The first-order chi connectivity index (χ1) is 7.38. The van der Waals surface area contributed by atoms with E-state index in [1.165, 1.54) is 4.31 Å². The Bertz CT molecular complexity index is 349. The molecule has 1 heterocycles. The molecule has 94 valence electrons. The molecule has 1 atom stereocenters. The summed E-state index contributed by atoms with van der Waals surface area (Å²) in [6.45, 7) is 4.50. The highest BCUT2D eigenvalue weighted by molar-refractivity contribution is 7.87. The summed E-state index contributed by atoms with van der Waals surface area (Å²) < 4.78 is 26.9. The van der Waals surface area contributed by atoms with Gasteiger partial charge in [-0.25, -0.2) is 4.72 Å². The smallest absolute Gasteiger partial charge is 0.306 e. The first kappa shape index (κ1) is 13.4. The number of aliphatic carboxylic acids is 1. The molecule has 0 aromatic carbocycles. The average Bonchev–Trinajstić information content (AvgIpc) is 2.11. The van der Waals surface area contributed by atoms with Gasteiger partial charge >= 0.3 is 5.97 Å². The highest BCUT2D eigenvalue weighted by Gasteiger charge is 2.40. The first-order valence-corrected chi connectivity index (χ1v) is 6.80. The van der Waals surface area contributed by atoms with E-state index in [9.17, 15) is 13.2 Å². The van der Waals surface area contributed by atoms with Gasteiger partial charge < -0.3 is 5.11 Å². The fourth-order valence-electron chi connectivity index (χ4n) is 1.51. The van der Waals surface area contributed by atoms with E-state index in [0.717, 1.165) is 6.42 Å². The van der Waals surface area contributed by atoms with Crippen molar-refractivity contribution in [2.75, 3.05) is 19.6 Å². The van der Waals surface area contributed by atoms with Crippen LogP contribution in [0.5, 0.6) is 0 Å². The van der Waals surface area contributed by atoms with Crippen molar-refractivity contribution in [3.8, 4) is 0 Å². The zero-order chi connectivity index (χ0) is 12.3. The van der Waals surface area contributed by atoms with Crippen LogP contribution in [0.15, 0.2) is 0 Å². The Morgan fingerprint density at radius 3 is 2.56 bits per heavy atom. The highest BCUT2D eigenvalue weighted by Crippen LogP contribution is 2.25. The van der Waals surface area contributed by atoms with Gasteiger partial charge in [0.25, 0.3) is 10.2 Å². The molecule has 0 aromatic heterocycles. The number of carbonyl (C=O) groups is 1. The largest absolute Gasteiger partial charge is 0.481 e. The number of hydrogen-bond donors (Lipinski definition) is 2. The number of hydrogen-bond acceptors (Lipinski definition) is 3. The molecule has 1 fully saturated rings. The van der Waals surface area contributed by atoms with Gasteiger partial charge in [-0.1, -0.05) is 13.8 Å². The minimum absolute atomic E-state index is 0.0734. The summed E-state index contributed by atoms with van der Waals surface area (Å²) in [6, 6.07) is 0. The summed E-state index contributed by atoms with van der Waals surface area (Å²) in [6.07, 6.45) is 0.738. The Balaban J connectivity index is 2.43. The Hall–Kier alpha value is -0.660. The van der Waals surface area contributed by atoms with Gasteiger partial charge in [-0.05, 0) is 12.3 Å². The molecule has 0 bridgehead atoms. The number of rotatable bonds is 6. The van der Waals surface area contributed by atoms with Gasteiger partial charge in [-0.2, -0.15) is 12.7 Å². The standard InChI is InChI=1S/C9H18N2O4S/c1-3-4-10-16(14,15)11-5-8(6-11)7(2)9(12)13/h7-8,10H,3-6H2,1-2H3,(H,12,13). The minimum Gasteiger partial charge on any atom is -0.481 e. The highest BCUT2D eigenvalue weighted by atomic mass is 32.2. The summed E-state index contributed by atoms with van der Waals surface area (Å²) in [5.41, 5.74) is 0. The summed E-state index contributed by atoms with van der Waals surface area (Å²) in [7, 11) is -3.39. The third-order valence-corrected chi connectivity index (χ3v) is 4.39. The van der Waals surface area contributed by atoms with Crippen LogP contribution in [0, 0.1) is 11.8 Å². The third-order valence-electron chi connectivity index (χ3n) is 2.85. The molecule has 1 unspecified atom stereocenters. The number of carboxylic acid groups (broad SMARTS) is 1. The Morgan fingerprint density at radius 2 is 2.12 bits per heavy atom. The summed E-state index contributed by atoms with van der Waals surface area (Å²) in [5, 5.41) is 8.76. The van der Waals surface area contributed by atoms with E-state index in [1.54, 1.807) is 6.92 Å². The summed E-state index contributed by atoms with van der Waals surface area (Å²) >= 11 is 0. The predicted octanol–water partition coefficient (Wildman–Crippen LogP) is -0.117. The first-order valence-electron chi connectivity index (χ1n) is 5.36. The van der Waals surface area contributed by atoms with Gasteiger partial charge in [0.1, 0.15) is 0 Å². The molecule has 0 amide bonds. The van der Waals surface area contributed by atoms with Crippen molar-refractivity contribution in [2.45, 2.75) is 20.3 Å². The zero-order valence-electron chi connectivity index (χ0n) is 9.51. The van der Waals surface area contributed by atoms with Gasteiger partial charge in [0.2, 0.25) is 0 Å². The van der Waals surface area contributed by atoms with Crippen molar-refractivity contribution in [1.82, 2.24) is 9.03 Å². The maximum atomic E-state index is 11.6. The van der Waals surface area contributed by atoms with Crippen LogP contribution in [0.1, 0.15) is 20.3 Å². The average molecular weight is 250 g/mol. The van der Waals surface area contributed by atoms with Crippen molar-refractivity contribution < 1.29 is 18.3 Å². The van der Waals surface area contributed by atoms with E-state index in [2.05, 4.69) is 4.72 Å². The second-order valence-corrected chi connectivity index (χ2v) is 5.86.